The monoisotopic (exact) mass is 336 g/mol. The zero-order chi connectivity index (χ0) is 17.9. The summed E-state index contributed by atoms with van der Waals surface area (Å²) in [6.45, 7) is 5.46. The van der Waals surface area contributed by atoms with E-state index in [0.717, 1.165) is 22.8 Å². The maximum Gasteiger partial charge on any atom is 0.418 e. The van der Waals surface area contributed by atoms with Crippen LogP contribution in [0.4, 0.5) is 24.5 Å². The van der Waals surface area contributed by atoms with Crippen molar-refractivity contribution >= 4 is 17.3 Å². The second kappa shape index (κ2) is 6.95. The number of hydrogen-bond donors (Lipinski definition) is 2. The second-order valence-electron chi connectivity index (χ2n) is 5.72. The average Bonchev–Trinajstić information content (AvgIpc) is 2.48. The molecule has 2 rings (SSSR count). The van der Waals surface area contributed by atoms with E-state index < -0.39 is 17.6 Å². The van der Waals surface area contributed by atoms with Gasteiger partial charge in [0, 0.05) is 11.4 Å². The van der Waals surface area contributed by atoms with Crippen LogP contribution in [0.3, 0.4) is 0 Å². The topological polar surface area (TPSA) is 41.1 Å². The molecule has 0 aliphatic rings. The van der Waals surface area contributed by atoms with E-state index in [1.807, 2.05) is 32.9 Å². The molecule has 0 aliphatic carbocycles. The van der Waals surface area contributed by atoms with E-state index in [9.17, 15) is 18.0 Å². The summed E-state index contributed by atoms with van der Waals surface area (Å²) < 4.78 is 38.8. The van der Waals surface area contributed by atoms with Crippen molar-refractivity contribution in [2.45, 2.75) is 26.9 Å². The molecule has 2 N–H and O–H groups in total. The van der Waals surface area contributed by atoms with Crippen LogP contribution in [0.2, 0.25) is 0 Å². The van der Waals surface area contributed by atoms with Crippen molar-refractivity contribution in [2.24, 2.45) is 0 Å². The number of hydrogen-bond acceptors (Lipinski definition) is 2. The SMILES string of the molecule is Cc1cc(C)c(NC(=O)CNc2ccccc2C(F)(F)F)c(C)c1. The summed E-state index contributed by atoms with van der Waals surface area (Å²) >= 11 is 0. The lowest BCUT2D eigenvalue weighted by molar-refractivity contribution is -0.137. The first-order valence-corrected chi connectivity index (χ1v) is 7.46. The predicted octanol–water partition coefficient (Wildman–Crippen LogP) is 4.68. The van der Waals surface area contributed by atoms with Gasteiger partial charge in [0.2, 0.25) is 5.91 Å². The first-order valence-electron chi connectivity index (χ1n) is 7.46. The van der Waals surface area contributed by atoms with Gasteiger partial charge in [-0.25, -0.2) is 0 Å². The molecular formula is C18H19F3N2O. The Morgan fingerprint density at radius 3 is 2.21 bits per heavy atom. The van der Waals surface area contributed by atoms with Gasteiger partial charge in [0.1, 0.15) is 0 Å². The van der Waals surface area contributed by atoms with E-state index in [0.29, 0.717) is 5.69 Å². The number of aryl methyl sites for hydroxylation is 3. The predicted molar refractivity (Wildman–Crippen MR) is 89.2 cm³/mol. The van der Waals surface area contributed by atoms with Crippen molar-refractivity contribution < 1.29 is 18.0 Å². The largest absolute Gasteiger partial charge is 0.418 e. The number of halogens is 3. The highest BCUT2D eigenvalue weighted by molar-refractivity contribution is 5.95. The van der Waals surface area contributed by atoms with Crippen molar-refractivity contribution in [3.8, 4) is 0 Å². The Balaban J connectivity index is 2.08. The van der Waals surface area contributed by atoms with Crippen molar-refractivity contribution in [3.63, 3.8) is 0 Å². The van der Waals surface area contributed by atoms with Gasteiger partial charge in [0.15, 0.2) is 0 Å². The molecule has 3 nitrogen and oxygen atoms in total. The summed E-state index contributed by atoms with van der Waals surface area (Å²) in [6.07, 6.45) is -4.47. The van der Waals surface area contributed by atoms with Gasteiger partial charge in [-0.15, -0.1) is 0 Å². The average molecular weight is 336 g/mol. The fourth-order valence-electron chi connectivity index (χ4n) is 2.62. The van der Waals surface area contributed by atoms with Crippen LogP contribution >= 0.6 is 0 Å². The van der Waals surface area contributed by atoms with Crippen LogP contribution in [0.25, 0.3) is 0 Å². The third-order valence-electron chi connectivity index (χ3n) is 3.61. The first kappa shape index (κ1) is 17.8. The number of carbonyl (C=O) groups excluding carboxylic acids is 1. The number of anilines is 2. The molecule has 2 aromatic carbocycles. The number of amides is 1. The van der Waals surface area contributed by atoms with Crippen molar-refractivity contribution in [3.05, 3.63) is 58.7 Å². The Hall–Kier alpha value is -2.50. The molecular weight excluding hydrogens is 317 g/mol. The Kier molecular flexibility index (Phi) is 5.17. The van der Waals surface area contributed by atoms with Gasteiger partial charge in [-0.1, -0.05) is 29.8 Å². The lowest BCUT2D eigenvalue weighted by Crippen LogP contribution is -2.24. The van der Waals surface area contributed by atoms with E-state index >= 15 is 0 Å². The molecule has 0 unspecified atom stereocenters. The summed E-state index contributed by atoms with van der Waals surface area (Å²) in [4.78, 5) is 12.1. The van der Waals surface area contributed by atoms with Gasteiger partial charge in [-0.05, 0) is 44.0 Å². The van der Waals surface area contributed by atoms with Gasteiger partial charge in [-0.2, -0.15) is 13.2 Å². The minimum absolute atomic E-state index is 0.113. The van der Waals surface area contributed by atoms with Crippen LogP contribution < -0.4 is 10.6 Å². The van der Waals surface area contributed by atoms with Gasteiger partial charge >= 0.3 is 6.18 Å². The number of rotatable bonds is 4. The Morgan fingerprint density at radius 2 is 1.62 bits per heavy atom. The first-order chi connectivity index (χ1) is 11.2. The molecule has 0 saturated carbocycles. The summed E-state index contributed by atoms with van der Waals surface area (Å²) in [5.74, 6) is -0.401. The number of nitrogens with one attached hydrogen (secondary N) is 2. The second-order valence-corrected chi connectivity index (χ2v) is 5.72. The minimum Gasteiger partial charge on any atom is -0.376 e. The lowest BCUT2D eigenvalue weighted by Gasteiger charge is -2.16. The highest BCUT2D eigenvalue weighted by Crippen LogP contribution is 2.34. The zero-order valence-corrected chi connectivity index (χ0v) is 13.7. The number of benzene rings is 2. The molecule has 0 bridgehead atoms. The normalized spacial score (nSPS) is 11.2. The molecule has 0 spiro atoms. The van der Waals surface area contributed by atoms with Gasteiger partial charge in [0.25, 0.3) is 0 Å². The van der Waals surface area contributed by atoms with Gasteiger partial charge in [0.05, 0.1) is 12.1 Å². The van der Waals surface area contributed by atoms with Crippen LogP contribution in [0.5, 0.6) is 0 Å². The van der Waals surface area contributed by atoms with Gasteiger partial charge in [-0.3, -0.25) is 4.79 Å². The molecule has 6 heteroatoms. The van der Waals surface area contributed by atoms with Crippen LogP contribution in [0.15, 0.2) is 36.4 Å². The van der Waals surface area contributed by atoms with Gasteiger partial charge < -0.3 is 10.6 Å². The molecule has 0 aliphatic heterocycles. The zero-order valence-electron chi connectivity index (χ0n) is 13.7. The standard InChI is InChI=1S/C18H19F3N2O/c1-11-8-12(2)17(13(3)9-11)23-16(24)10-22-15-7-5-4-6-14(15)18(19,20)21/h4-9,22H,10H2,1-3H3,(H,23,24). The number of alkyl halides is 3. The maximum absolute atomic E-state index is 12.9. The van der Waals surface area contributed by atoms with E-state index in [1.165, 1.54) is 18.2 Å². The number of carbonyl (C=O) groups is 1. The fourth-order valence-corrected chi connectivity index (χ4v) is 2.62. The van der Waals surface area contributed by atoms with Crippen LogP contribution in [0.1, 0.15) is 22.3 Å². The van der Waals surface area contributed by atoms with Crippen molar-refractivity contribution in [2.75, 3.05) is 17.2 Å². The highest BCUT2D eigenvalue weighted by atomic mass is 19.4. The van der Waals surface area contributed by atoms with Crippen molar-refractivity contribution in [1.29, 1.82) is 0 Å². The van der Waals surface area contributed by atoms with Crippen LogP contribution in [0, 0.1) is 20.8 Å². The molecule has 0 radical (unpaired) electrons. The summed E-state index contributed by atoms with van der Waals surface area (Å²) in [6, 6.07) is 8.97. The molecule has 24 heavy (non-hydrogen) atoms. The van der Waals surface area contributed by atoms with E-state index in [4.69, 9.17) is 0 Å². The Labute approximate surface area is 138 Å². The molecule has 1 amide bonds. The summed E-state index contributed by atoms with van der Waals surface area (Å²) in [7, 11) is 0. The third-order valence-corrected chi connectivity index (χ3v) is 3.61. The smallest absolute Gasteiger partial charge is 0.376 e. The van der Waals surface area contributed by atoms with Crippen LogP contribution in [-0.4, -0.2) is 12.5 Å². The van der Waals surface area contributed by atoms with E-state index in [2.05, 4.69) is 10.6 Å². The maximum atomic E-state index is 12.9. The summed E-state index contributed by atoms with van der Waals surface area (Å²) in [5, 5.41) is 5.31. The number of para-hydroxylation sites is 1. The molecule has 0 fully saturated rings. The Morgan fingerprint density at radius 1 is 1.04 bits per heavy atom. The molecule has 2 aromatic rings. The molecule has 128 valence electrons. The highest BCUT2D eigenvalue weighted by Gasteiger charge is 2.33. The van der Waals surface area contributed by atoms with Crippen LogP contribution in [-0.2, 0) is 11.0 Å². The van der Waals surface area contributed by atoms with E-state index in [1.54, 1.807) is 0 Å². The fraction of sp³-hybridized carbons (Fsp3) is 0.278. The molecule has 0 saturated heterocycles. The third kappa shape index (κ3) is 4.28. The lowest BCUT2D eigenvalue weighted by atomic mass is 10.1. The van der Waals surface area contributed by atoms with Crippen molar-refractivity contribution in [1.82, 2.24) is 0 Å². The molecule has 0 atom stereocenters. The van der Waals surface area contributed by atoms with E-state index in [-0.39, 0.29) is 12.2 Å². The Bertz CT molecular complexity index is 731. The quantitative estimate of drug-likeness (QED) is 0.851. The molecule has 0 aromatic heterocycles. The summed E-state index contributed by atoms with van der Waals surface area (Å²) in [5.41, 5.74) is 2.70. The minimum atomic E-state index is -4.47. The molecule has 0 heterocycles.